The van der Waals surface area contributed by atoms with Crippen LogP contribution in [0.5, 0.6) is 0 Å². The Hall–Kier alpha value is -2.67. The summed E-state index contributed by atoms with van der Waals surface area (Å²) < 4.78 is 0. The van der Waals surface area contributed by atoms with E-state index in [1.165, 1.54) is 12.1 Å². The van der Waals surface area contributed by atoms with Crippen molar-refractivity contribution in [3.63, 3.8) is 0 Å². The van der Waals surface area contributed by atoms with Crippen LogP contribution in [0.1, 0.15) is 11.1 Å². The van der Waals surface area contributed by atoms with E-state index >= 15 is 0 Å². The van der Waals surface area contributed by atoms with E-state index in [0.717, 1.165) is 16.8 Å². The van der Waals surface area contributed by atoms with E-state index in [1.54, 1.807) is 11.9 Å². The summed E-state index contributed by atoms with van der Waals surface area (Å²) in [5.74, 6) is 6.01. The third-order valence-electron chi connectivity index (χ3n) is 3.09. The van der Waals surface area contributed by atoms with Crippen LogP contribution in [0.15, 0.2) is 30.3 Å². The van der Waals surface area contributed by atoms with Crippen LogP contribution in [0.2, 0.25) is 0 Å². The molecular formula is C14H17N5O2. The second-order valence-electron chi connectivity index (χ2n) is 4.88. The van der Waals surface area contributed by atoms with Crippen LogP contribution < -0.4 is 16.2 Å². The van der Waals surface area contributed by atoms with Crippen molar-refractivity contribution >= 4 is 23.0 Å². The highest BCUT2D eigenvalue weighted by Crippen LogP contribution is 2.28. The van der Waals surface area contributed by atoms with Gasteiger partial charge in [-0.2, -0.15) is 0 Å². The van der Waals surface area contributed by atoms with E-state index in [0.29, 0.717) is 5.82 Å². The summed E-state index contributed by atoms with van der Waals surface area (Å²) in [7, 11) is 1.81. The molecule has 0 aliphatic carbocycles. The summed E-state index contributed by atoms with van der Waals surface area (Å²) in [5.41, 5.74) is 5.41. The molecule has 0 fully saturated rings. The lowest BCUT2D eigenvalue weighted by atomic mass is 10.1. The van der Waals surface area contributed by atoms with E-state index in [9.17, 15) is 10.1 Å². The topological polar surface area (TPSA) is 97.3 Å². The van der Waals surface area contributed by atoms with Gasteiger partial charge < -0.3 is 10.3 Å². The summed E-state index contributed by atoms with van der Waals surface area (Å²) in [6.45, 7) is 4.00. The first-order chi connectivity index (χ1) is 9.90. The van der Waals surface area contributed by atoms with Gasteiger partial charge in [0, 0.05) is 12.7 Å². The highest BCUT2D eigenvalue weighted by molar-refractivity contribution is 5.65. The van der Waals surface area contributed by atoms with Crippen molar-refractivity contribution in [2.24, 2.45) is 5.84 Å². The second kappa shape index (κ2) is 5.76. The van der Waals surface area contributed by atoms with Crippen LogP contribution in [0.3, 0.4) is 0 Å². The lowest BCUT2D eigenvalue weighted by Gasteiger charge is -2.20. The zero-order valence-corrected chi connectivity index (χ0v) is 12.1. The molecule has 0 atom stereocenters. The van der Waals surface area contributed by atoms with Gasteiger partial charge in [0.05, 0.1) is 17.1 Å². The highest BCUT2D eigenvalue weighted by Gasteiger charge is 2.14. The van der Waals surface area contributed by atoms with Crippen LogP contribution in [0.25, 0.3) is 0 Å². The van der Waals surface area contributed by atoms with Gasteiger partial charge in [0.1, 0.15) is 11.6 Å². The highest BCUT2D eigenvalue weighted by atomic mass is 16.6. The fourth-order valence-electron chi connectivity index (χ4n) is 2.13. The molecule has 0 aliphatic rings. The van der Waals surface area contributed by atoms with E-state index in [-0.39, 0.29) is 11.5 Å². The van der Waals surface area contributed by atoms with Crippen molar-refractivity contribution < 1.29 is 4.92 Å². The minimum absolute atomic E-state index is 0.0656. The molecule has 2 aromatic rings. The Labute approximate surface area is 122 Å². The van der Waals surface area contributed by atoms with Gasteiger partial charge in [-0.15, -0.1) is 0 Å². The molecule has 0 amide bonds. The van der Waals surface area contributed by atoms with Crippen molar-refractivity contribution in [3.8, 4) is 0 Å². The molecule has 0 aliphatic heterocycles. The fraction of sp³-hybridized carbons (Fsp3) is 0.214. The van der Waals surface area contributed by atoms with Crippen molar-refractivity contribution in [1.82, 2.24) is 4.98 Å². The lowest BCUT2D eigenvalue weighted by Crippen LogP contribution is -2.15. The molecule has 1 aromatic carbocycles. The standard InChI is InChI=1S/C14H17N5O2/c1-9-4-10(2)6-11(5-9)18(3)14-8-12(19(20)21)7-13(16-14)17-15/h4-8H,15H2,1-3H3,(H,16,17). The van der Waals surface area contributed by atoms with Crippen molar-refractivity contribution in [2.45, 2.75) is 13.8 Å². The normalized spacial score (nSPS) is 10.3. The smallest absolute Gasteiger partial charge is 0.276 e. The first-order valence-corrected chi connectivity index (χ1v) is 6.36. The second-order valence-corrected chi connectivity index (χ2v) is 4.88. The van der Waals surface area contributed by atoms with Gasteiger partial charge in [-0.3, -0.25) is 10.1 Å². The molecule has 0 bridgehead atoms. The molecule has 0 saturated heterocycles. The Balaban J connectivity index is 2.49. The number of nitrogens with two attached hydrogens (primary N) is 1. The van der Waals surface area contributed by atoms with Gasteiger partial charge in [0.15, 0.2) is 0 Å². The number of hydrogen-bond acceptors (Lipinski definition) is 6. The first kappa shape index (κ1) is 14.7. The zero-order chi connectivity index (χ0) is 15.6. The predicted octanol–water partition coefficient (Wildman–Crippen LogP) is 2.66. The number of benzene rings is 1. The third kappa shape index (κ3) is 3.26. The van der Waals surface area contributed by atoms with Gasteiger partial charge in [0.25, 0.3) is 5.69 Å². The molecule has 7 nitrogen and oxygen atoms in total. The Morgan fingerprint density at radius 3 is 2.33 bits per heavy atom. The van der Waals surface area contributed by atoms with Crippen LogP contribution in [-0.4, -0.2) is 17.0 Å². The van der Waals surface area contributed by atoms with Gasteiger partial charge in [-0.25, -0.2) is 10.8 Å². The maximum atomic E-state index is 11.0. The molecule has 1 heterocycles. The quantitative estimate of drug-likeness (QED) is 0.509. The lowest BCUT2D eigenvalue weighted by molar-refractivity contribution is -0.384. The third-order valence-corrected chi connectivity index (χ3v) is 3.09. The van der Waals surface area contributed by atoms with Crippen LogP contribution >= 0.6 is 0 Å². The minimum Gasteiger partial charge on any atom is -0.329 e. The summed E-state index contributed by atoms with van der Waals surface area (Å²) in [5, 5.41) is 11.0. The molecular weight excluding hydrogens is 270 g/mol. The Morgan fingerprint density at radius 2 is 1.81 bits per heavy atom. The van der Waals surface area contributed by atoms with Gasteiger partial charge >= 0.3 is 0 Å². The van der Waals surface area contributed by atoms with Crippen LogP contribution in [0, 0.1) is 24.0 Å². The van der Waals surface area contributed by atoms with Crippen LogP contribution in [-0.2, 0) is 0 Å². The number of anilines is 3. The molecule has 0 unspecified atom stereocenters. The molecule has 2 rings (SSSR count). The van der Waals surface area contributed by atoms with Crippen molar-refractivity contribution in [3.05, 3.63) is 51.6 Å². The van der Waals surface area contributed by atoms with E-state index in [1.807, 2.05) is 26.0 Å². The molecule has 21 heavy (non-hydrogen) atoms. The van der Waals surface area contributed by atoms with Gasteiger partial charge in [0.2, 0.25) is 0 Å². The number of nitrogens with zero attached hydrogens (tertiary/aromatic N) is 3. The molecule has 3 N–H and O–H groups in total. The number of nitrogens with one attached hydrogen (secondary N) is 1. The Bertz CT molecular complexity index is 667. The average Bonchev–Trinajstić information content (AvgIpc) is 2.44. The minimum atomic E-state index is -0.471. The average molecular weight is 287 g/mol. The number of aryl methyl sites for hydroxylation is 2. The molecule has 1 aromatic heterocycles. The van der Waals surface area contributed by atoms with Crippen molar-refractivity contribution in [1.29, 1.82) is 0 Å². The number of hydrogen-bond donors (Lipinski definition) is 2. The summed E-state index contributed by atoms with van der Waals surface area (Å²) in [4.78, 5) is 16.5. The monoisotopic (exact) mass is 287 g/mol. The van der Waals surface area contributed by atoms with Gasteiger partial charge in [-0.05, 0) is 37.1 Å². The summed E-state index contributed by atoms with van der Waals surface area (Å²) >= 11 is 0. The van der Waals surface area contributed by atoms with E-state index in [4.69, 9.17) is 5.84 Å². The maximum absolute atomic E-state index is 11.0. The summed E-state index contributed by atoms with van der Waals surface area (Å²) in [6.07, 6.45) is 0. The number of nitro groups is 1. The fourth-order valence-corrected chi connectivity index (χ4v) is 2.13. The van der Waals surface area contributed by atoms with Gasteiger partial charge in [-0.1, -0.05) is 6.07 Å². The first-order valence-electron chi connectivity index (χ1n) is 6.36. The molecule has 110 valence electrons. The molecule has 0 spiro atoms. The number of hydrazine groups is 1. The molecule has 0 saturated carbocycles. The Kier molecular flexibility index (Phi) is 4.04. The number of pyridine rings is 1. The number of nitrogen functional groups attached to an aromatic ring is 1. The Morgan fingerprint density at radius 1 is 1.19 bits per heavy atom. The van der Waals surface area contributed by atoms with E-state index < -0.39 is 4.92 Å². The molecule has 0 radical (unpaired) electrons. The largest absolute Gasteiger partial charge is 0.329 e. The summed E-state index contributed by atoms with van der Waals surface area (Å²) in [6, 6.07) is 8.74. The predicted molar refractivity (Wildman–Crippen MR) is 82.7 cm³/mol. The number of aromatic nitrogens is 1. The zero-order valence-electron chi connectivity index (χ0n) is 12.1. The maximum Gasteiger partial charge on any atom is 0.276 e. The van der Waals surface area contributed by atoms with Crippen LogP contribution in [0.4, 0.5) is 23.0 Å². The SMILES string of the molecule is Cc1cc(C)cc(N(C)c2cc([N+](=O)[O-])cc(NN)n2)c1. The van der Waals surface area contributed by atoms with Crippen molar-refractivity contribution in [2.75, 3.05) is 17.4 Å². The molecule has 7 heteroatoms. The number of rotatable bonds is 4. The van der Waals surface area contributed by atoms with E-state index in [2.05, 4.69) is 16.5 Å².